The molecule has 3 nitrogen and oxygen atoms in total. The zero-order chi connectivity index (χ0) is 27.6. The second-order valence-electron chi connectivity index (χ2n) is 10.6. The van der Waals surface area contributed by atoms with Gasteiger partial charge >= 0.3 is 0 Å². The van der Waals surface area contributed by atoms with Crippen molar-refractivity contribution in [2.45, 2.75) is 0 Å². The molecule has 0 N–H and O–H groups in total. The third-order valence-electron chi connectivity index (χ3n) is 8.12. The molecule has 196 valence electrons. The molecule has 0 unspecified atom stereocenters. The molecule has 0 spiro atoms. The highest BCUT2D eigenvalue weighted by Gasteiger charge is 2.14. The van der Waals surface area contributed by atoms with Gasteiger partial charge in [-0.15, -0.1) is 11.3 Å². The fourth-order valence-corrected chi connectivity index (χ4v) is 7.30. The van der Waals surface area contributed by atoms with Gasteiger partial charge in [-0.2, -0.15) is 0 Å². The van der Waals surface area contributed by atoms with Crippen LogP contribution < -0.4 is 0 Å². The summed E-state index contributed by atoms with van der Waals surface area (Å²) in [4.78, 5) is 9.70. The summed E-state index contributed by atoms with van der Waals surface area (Å²) in [5.74, 6) is 0. The van der Waals surface area contributed by atoms with E-state index in [-0.39, 0.29) is 0 Å². The van der Waals surface area contributed by atoms with Crippen LogP contribution in [-0.4, -0.2) is 9.97 Å². The van der Waals surface area contributed by atoms with Crippen molar-refractivity contribution in [2.75, 3.05) is 0 Å². The molecule has 0 aliphatic heterocycles. The van der Waals surface area contributed by atoms with Gasteiger partial charge in [0.05, 0.1) is 11.9 Å². The fourth-order valence-electron chi connectivity index (χ4n) is 6.06. The predicted molar refractivity (Wildman–Crippen MR) is 176 cm³/mol. The van der Waals surface area contributed by atoms with E-state index in [1.807, 2.05) is 23.6 Å². The summed E-state index contributed by atoms with van der Waals surface area (Å²) in [5, 5.41) is 5.92. The highest BCUT2D eigenvalue weighted by Crippen LogP contribution is 2.40. The normalized spacial score (nSPS) is 11.8. The number of benzene rings is 6. The van der Waals surface area contributed by atoms with Crippen LogP contribution in [-0.2, 0) is 0 Å². The molecule has 0 radical (unpaired) electrons. The quantitative estimate of drug-likeness (QED) is 0.218. The molecule has 0 bridgehead atoms. The Labute approximate surface area is 245 Å². The summed E-state index contributed by atoms with van der Waals surface area (Å²) in [7, 11) is 0. The number of fused-ring (bicyclic) bond motifs is 7. The molecular weight excluding hydrogens is 532 g/mol. The van der Waals surface area contributed by atoms with Crippen molar-refractivity contribution in [3.05, 3.63) is 134 Å². The molecule has 0 aliphatic rings. The maximum absolute atomic E-state index is 6.08. The largest absolute Gasteiger partial charge is 0.436 e. The Bertz CT molecular complexity index is 2490. The number of thiophene rings is 1. The monoisotopic (exact) mass is 554 g/mol. The van der Waals surface area contributed by atoms with Gasteiger partial charge in [-0.05, 0) is 63.4 Å². The van der Waals surface area contributed by atoms with Crippen LogP contribution in [0.3, 0.4) is 0 Å². The third-order valence-corrected chi connectivity index (χ3v) is 9.34. The Morgan fingerprint density at radius 1 is 0.548 bits per heavy atom. The van der Waals surface area contributed by atoms with Crippen LogP contribution in [0.15, 0.2) is 138 Å². The SMILES string of the molecule is c1cc(-c2cccc(-c3cccc4c3sc3ccccc34)c2)cc(-c2cnc3oc4cc5ccccc5cc4c3n2)c1. The van der Waals surface area contributed by atoms with Crippen molar-refractivity contribution in [3.63, 3.8) is 0 Å². The van der Waals surface area contributed by atoms with E-state index in [0.29, 0.717) is 5.71 Å². The molecule has 9 rings (SSSR count). The van der Waals surface area contributed by atoms with Gasteiger partial charge in [-0.3, -0.25) is 0 Å². The molecule has 0 saturated carbocycles. The van der Waals surface area contributed by atoms with Crippen LogP contribution in [0.4, 0.5) is 0 Å². The van der Waals surface area contributed by atoms with E-state index >= 15 is 0 Å². The lowest BCUT2D eigenvalue weighted by Crippen LogP contribution is -1.88. The molecule has 3 heterocycles. The van der Waals surface area contributed by atoms with E-state index in [2.05, 4.69) is 126 Å². The zero-order valence-electron chi connectivity index (χ0n) is 22.4. The van der Waals surface area contributed by atoms with Crippen molar-refractivity contribution in [3.8, 4) is 33.5 Å². The molecule has 3 aromatic heterocycles. The van der Waals surface area contributed by atoms with Crippen LogP contribution in [0, 0.1) is 0 Å². The summed E-state index contributed by atoms with van der Waals surface area (Å²) >= 11 is 1.86. The lowest BCUT2D eigenvalue weighted by atomic mass is 9.96. The van der Waals surface area contributed by atoms with E-state index in [0.717, 1.165) is 44.1 Å². The first kappa shape index (κ1) is 23.4. The molecule has 42 heavy (non-hydrogen) atoms. The Morgan fingerprint density at radius 3 is 2.12 bits per heavy atom. The van der Waals surface area contributed by atoms with Gasteiger partial charge in [-0.1, -0.05) is 97.1 Å². The molecule has 4 heteroatoms. The first-order chi connectivity index (χ1) is 20.8. The van der Waals surface area contributed by atoms with Gasteiger partial charge in [0.2, 0.25) is 5.71 Å². The number of hydrogen-bond donors (Lipinski definition) is 0. The molecule has 6 aromatic carbocycles. The van der Waals surface area contributed by atoms with Crippen molar-refractivity contribution in [1.29, 1.82) is 0 Å². The Balaban J connectivity index is 1.14. The number of furan rings is 1. The Kier molecular flexibility index (Phi) is 5.07. The molecule has 0 saturated heterocycles. The van der Waals surface area contributed by atoms with Gasteiger partial charge in [-0.25, -0.2) is 9.97 Å². The average Bonchev–Trinajstić information content (AvgIpc) is 3.61. The second-order valence-corrected chi connectivity index (χ2v) is 11.7. The van der Waals surface area contributed by atoms with E-state index in [1.165, 1.54) is 36.9 Å². The lowest BCUT2D eigenvalue weighted by Gasteiger charge is -2.09. The highest BCUT2D eigenvalue weighted by atomic mass is 32.1. The van der Waals surface area contributed by atoms with Crippen LogP contribution in [0.1, 0.15) is 0 Å². The maximum atomic E-state index is 6.08. The smallest absolute Gasteiger partial charge is 0.246 e. The standard InChI is InChI=1S/C38H22N2OS/c1-2-9-26-21-34-32(20-25(26)8-1)36-38(41-34)39-22-33(40-36)28-13-6-11-24(19-28)23-10-5-12-27(18-23)29-15-7-16-31-30-14-3-4-17-35(30)42-37(29)31/h1-22H. The summed E-state index contributed by atoms with van der Waals surface area (Å²) < 4.78 is 8.72. The van der Waals surface area contributed by atoms with Crippen LogP contribution in [0.5, 0.6) is 0 Å². The van der Waals surface area contributed by atoms with Crippen molar-refractivity contribution < 1.29 is 4.42 Å². The van der Waals surface area contributed by atoms with Crippen LogP contribution in [0.2, 0.25) is 0 Å². The molecule has 9 aromatic rings. The highest BCUT2D eigenvalue weighted by molar-refractivity contribution is 7.26. The summed E-state index contributed by atoms with van der Waals surface area (Å²) in [6.07, 6.45) is 1.81. The molecule has 0 fully saturated rings. The summed E-state index contributed by atoms with van der Waals surface area (Å²) in [5.41, 5.74) is 8.79. The molecule has 0 amide bonds. The first-order valence-electron chi connectivity index (χ1n) is 14.0. The fraction of sp³-hybridized carbons (Fsp3) is 0. The van der Waals surface area contributed by atoms with Crippen molar-refractivity contribution in [1.82, 2.24) is 9.97 Å². The van der Waals surface area contributed by atoms with E-state index in [9.17, 15) is 0 Å². The summed E-state index contributed by atoms with van der Waals surface area (Å²) in [6, 6.07) is 45.2. The van der Waals surface area contributed by atoms with Crippen LogP contribution >= 0.6 is 11.3 Å². The molecular formula is C38H22N2OS. The van der Waals surface area contributed by atoms with E-state index < -0.39 is 0 Å². The number of hydrogen-bond acceptors (Lipinski definition) is 4. The van der Waals surface area contributed by atoms with Gasteiger partial charge in [0.15, 0.2) is 0 Å². The zero-order valence-corrected chi connectivity index (χ0v) is 23.2. The summed E-state index contributed by atoms with van der Waals surface area (Å²) in [6.45, 7) is 0. The second kappa shape index (κ2) is 9.10. The first-order valence-corrected chi connectivity index (χ1v) is 14.8. The third kappa shape index (κ3) is 3.66. The molecule has 0 atom stereocenters. The minimum absolute atomic E-state index is 0.559. The average molecular weight is 555 g/mol. The van der Waals surface area contributed by atoms with Gasteiger partial charge < -0.3 is 4.42 Å². The number of rotatable bonds is 3. The number of nitrogens with zero attached hydrogens (tertiary/aromatic N) is 2. The Morgan fingerprint density at radius 2 is 1.24 bits per heavy atom. The molecule has 0 aliphatic carbocycles. The lowest BCUT2D eigenvalue weighted by molar-refractivity contribution is 0.653. The van der Waals surface area contributed by atoms with Gasteiger partial charge in [0.1, 0.15) is 11.1 Å². The maximum Gasteiger partial charge on any atom is 0.246 e. The van der Waals surface area contributed by atoms with Gasteiger partial charge in [0, 0.05) is 31.1 Å². The topological polar surface area (TPSA) is 38.9 Å². The van der Waals surface area contributed by atoms with Gasteiger partial charge in [0.25, 0.3) is 0 Å². The minimum atomic E-state index is 0.559. The van der Waals surface area contributed by atoms with Crippen LogP contribution in [0.25, 0.3) is 86.7 Å². The predicted octanol–water partition coefficient (Wildman–Crippen LogP) is 10.9. The van der Waals surface area contributed by atoms with Crippen molar-refractivity contribution >= 4 is 64.5 Å². The van der Waals surface area contributed by atoms with E-state index in [1.54, 1.807) is 0 Å². The van der Waals surface area contributed by atoms with Crippen molar-refractivity contribution in [2.24, 2.45) is 0 Å². The Hall–Kier alpha value is -5.32. The van der Waals surface area contributed by atoms with E-state index in [4.69, 9.17) is 9.40 Å². The minimum Gasteiger partial charge on any atom is -0.436 e. The number of aromatic nitrogens is 2.